The van der Waals surface area contributed by atoms with Gasteiger partial charge in [0.2, 0.25) is 5.91 Å². The van der Waals surface area contributed by atoms with Gasteiger partial charge in [0.1, 0.15) is 10.8 Å². The number of amides is 1. The fourth-order valence-electron chi connectivity index (χ4n) is 2.62. The lowest BCUT2D eigenvalue weighted by Crippen LogP contribution is -2.17. The number of aryl methyl sites for hydroxylation is 2. The van der Waals surface area contributed by atoms with Crippen LogP contribution >= 0.6 is 23.1 Å². The van der Waals surface area contributed by atoms with Gasteiger partial charge in [0.25, 0.3) is 0 Å². The average molecular weight is 411 g/mol. The molecule has 0 atom stereocenters. The Balaban J connectivity index is 2.10. The third-order valence-electron chi connectivity index (χ3n) is 4.02. The van der Waals surface area contributed by atoms with Crippen molar-refractivity contribution >= 4 is 40.0 Å². The molecule has 2 aromatic rings. The van der Waals surface area contributed by atoms with E-state index in [1.54, 1.807) is 6.92 Å². The van der Waals surface area contributed by atoms with E-state index in [2.05, 4.69) is 29.4 Å². The number of rotatable bonds is 8. The van der Waals surface area contributed by atoms with Gasteiger partial charge in [0, 0.05) is 17.3 Å². The molecule has 0 spiro atoms. The zero-order chi connectivity index (χ0) is 20.1. The summed E-state index contributed by atoms with van der Waals surface area (Å²) in [6.07, 6.45) is 0.786. The first-order chi connectivity index (χ1) is 12.8. The van der Waals surface area contributed by atoms with Crippen LogP contribution in [-0.4, -0.2) is 39.0 Å². The van der Waals surface area contributed by atoms with Gasteiger partial charge in [-0.2, -0.15) is 0 Å². The minimum absolute atomic E-state index is 0.187. The van der Waals surface area contributed by atoms with Crippen LogP contribution in [0.5, 0.6) is 0 Å². The van der Waals surface area contributed by atoms with E-state index >= 15 is 0 Å². The number of anilines is 1. The number of ether oxygens (including phenoxy) is 1. The number of hydrogen-bond donors (Lipinski definition) is 1. The number of carbonyl (C=O) groups excluding carboxylic acids is 2. The molecule has 2 rings (SSSR count). The van der Waals surface area contributed by atoms with Crippen molar-refractivity contribution in [2.75, 3.05) is 17.7 Å². The molecular weight excluding hydrogens is 384 g/mol. The van der Waals surface area contributed by atoms with Crippen molar-refractivity contribution in [1.29, 1.82) is 0 Å². The molecular formula is C18H26N4O3S2. The normalized spacial score (nSPS) is 11.1. The van der Waals surface area contributed by atoms with E-state index in [1.807, 2.05) is 25.3 Å². The molecule has 0 fully saturated rings. The summed E-state index contributed by atoms with van der Waals surface area (Å²) in [6.45, 7) is 12.0. The molecule has 2 heterocycles. The lowest BCUT2D eigenvalue weighted by Gasteiger charge is -2.12. The highest BCUT2D eigenvalue weighted by Gasteiger charge is 2.22. The Morgan fingerprint density at radius 2 is 1.96 bits per heavy atom. The van der Waals surface area contributed by atoms with Crippen LogP contribution in [0.2, 0.25) is 0 Å². The summed E-state index contributed by atoms with van der Waals surface area (Å²) in [5, 5.41) is 12.5. The second-order valence-corrected chi connectivity index (χ2v) is 8.43. The highest BCUT2D eigenvalue weighted by atomic mass is 32.2. The maximum absolute atomic E-state index is 12.5. The maximum atomic E-state index is 12.5. The minimum atomic E-state index is -0.408. The topological polar surface area (TPSA) is 86.1 Å². The van der Waals surface area contributed by atoms with E-state index < -0.39 is 5.97 Å². The summed E-state index contributed by atoms with van der Waals surface area (Å²) in [7, 11) is 0. The Morgan fingerprint density at radius 3 is 2.56 bits per heavy atom. The molecule has 0 aliphatic rings. The lowest BCUT2D eigenvalue weighted by atomic mass is 10.1. The van der Waals surface area contributed by atoms with Crippen molar-refractivity contribution < 1.29 is 14.3 Å². The Hall–Kier alpha value is -1.87. The zero-order valence-electron chi connectivity index (χ0n) is 16.6. The molecule has 2 aromatic heterocycles. The molecule has 27 heavy (non-hydrogen) atoms. The number of hydrogen-bond acceptors (Lipinski definition) is 7. The molecule has 7 nitrogen and oxygen atoms in total. The summed E-state index contributed by atoms with van der Waals surface area (Å²) < 4.78 is 7.16. The number of carbonyl (C=O) groups is 2. The quantitative estimate of drug-likeness (QED) is 0.523. The summed E-state index contributed by atoms with van der Waals surface area (Å²) in [6, 6.07) is 0.221. The SMILES string of the molecule is CCOC(=O)c1c(NC(=O)CSc2nnc(CC)n2C(C)C)sc(C)c1C. The Kier molecular flexibility index (Phi) is 7.43. The van der Waals surface area contributed by atoms with E-state index in [0.717, 1.165) is 27.8 Å². The number of aromatic nitrogens is 3. The summed E-state index contributed by atoms with van der Waals surface area (Å²) in [5.41, 5.74) is 1.28. The van der Waals surface area contributed by atoms with Crippen LogP contribution in [0.4, 0.5) is 5.00 Å². The fourth-order valence-corrected chi connectivity index (χ4v) is 4.57. The Labute approximate surface area is 167 Å². The standard InChI is InChI=1S/C18H26N4O3S2/c1-7-13-20-21-18(22(13)10(3)4)26-9-14(23)19-16-15(17(24)25-8-2)11(5)12(6)27-16/h10H,7-9H2,1-6H3,(H,19,23). The van der Waals surface area contributed by atoms with E-state index in [0.29, 0.717) is 17.2 Å². The third-order valence-corrected chi connectivity index (χ3v) is 6.08. The van der Waals surface area contributed by atoms with Gasteiger partial charge in [0.15, 0.2) is 5.16 Å². The smallest absolute Gasteiger partial charge is 0.341 e. The predicted molar refractivity (Wildman–Crippen MR) is 109 cm³/mol. The molecule has 0 aliphatic carbocycles. The van der Waals surface area contributed by atoms with Gasteiger partial charge in [-0.1, -0.05) is 18.7 Å². The van der Waals surface area contributed by atoms with Crippen molar-refractivity contribution in [2.24, 2.45) is 0 Å². The van der Waals surface area contributed by atoms with Crippen molar-refractivity contribution in [3.63, 3.8) is 0 Å². The first-order valence-electron chi connectivity index (χ1n) is 8.93. The zero-order valence-corrected chi connectivity index (χ0v) is 18.2. The molecule has 0 saturated carbocycles. The second kappa shape index (κ2) is 9.36. The Bertz CT molecular complexity index is 827. The van der Waals surface area contributed by atoms with Crippen LogP contribution in [0.1, 0.15) is 60.4 Å². The minimum Gasteiger partial charge on any atom is -0.462 e. The van der Waals surface area contributed by atoms with Crippen molar-refractivity contribution in [3.8, 4) is 0 Å². The second-order valence-electron chi connectivity index (χ2n) is 6.26. The van der Waals surface area contributed by atoms with Crippen LogP contribution in [0.3, 0.4) is 0 Å². The highest BCUT2D eigenvalue weighted by molar-refractivity contribution is 7.99. The molecule has 1 N–H and O–H groups in total. The number of thiophene rings is 1. The average Bonchev–Trinajstić information content (AvgIpc) is 3.14. The molecule has 0 aromatic carbocycles. The summed E-state index contributed by atoms with van der Waals surface area (Å²) >= 11 is 2.73. The van der Waals surface area contributed by atoms with Crippen LogP contribution in [0.25, 0.3) is 0 Å². The van der Waals surface area contributed by atoms with Crippen molar-refractivity contribution in [3.05, 3.63) is 21.8 Å². The van der Waals surface area contributed by atoms with E-state index in [9.17, 15) is 9.59 Å². The van der Waals surface area contributed by atoms with Gasteiger partial charge >= 0.3 is 5.97 Å². The first-order valence-corrected chi connectivity index (χ1v) is 10.7. The van der Waals surface area contributed by atoms with Crippen LogP contribution in [0.15, 0.2) is 5.16 Å². The molecule has 148 valence electrons. The molecule has 0 aliphatic heterocycles. The predicted octanol–water partition coefficient (Wildman–Crippen LogP) is 4.01. The lowest BCUT2D eigenvalue weighted by molar-refractivity contribution is -0.113. The van der Waals surface area contributed by atoms with Crippen molar-refractivity contribution in [1.82, 2.24) is 14.8 Å². The molecule has 9 heteroatoms. The highest BCUT2D eigenvalue weighted by Crippen LogP contribution is 2.33. The molecule has 0 bridgehead atoms. The van der Waals surface area contributed by atoms with Gasteiger partial charge in [-0.25, -0.2) is 4.79 Å². The van der Waals surface area contributed by atoms with Crippen molar-refractivity contribution in [2.45, 2.75) is 59.2 Å². The maximum Gasteiger partial charge on any atom is 0.341 e. The van der Waals surface area contributed by atoms with E-state index in [1.165, 1.54) is 23.1 Å². The van der Waals surface area contributed by atoms with Crippen LogP contribution in [-0.2, 0) is 16.0 Å². The number of thioether (sulfide) groups is 1. The first kappa shape index (κ1) is 21.4. The summed E-state index contributed by atoms with van der Waals surface area (Å²) in [5.74, 6) is 0.493. The number of nitrogens with one attached hydrogen (secondary N) is 1. The molecule has 0 unspecified atom stereocenters. The fraction of sp³-hybridized carbons (Fsp3) is 0.556. The molecule has 1 amide bonds. The van der Waals surface area contributed by atoms with Gasteiger partial charge in [-0.3, -0.25) is 4.79 Å². The Morgan fingerprint density at radius 1 is 1.26 bits per heavy atom. The molecule has 0 radical (unpaired) electrons. The number of nitrogens with zero attached hydrogens (tertiary/aromatic N) is 3. The van der Waals surface area contributed by atoms with Gasteiger partial charge in [-0.15, -0.1) is 21.5 Å². The van der Waals surface area contributed by atoms with Gasteiger partial charge in [-0.05, 0) is 40.2 Å². The largest absolute Gasteiger partial charge is 0.462 e. The van der Waals surface area contributed by atoms with Crippen LogP contribution in [0, 0.1) is 13.8 Å². The monoisotopic (exact) mass is 410 g/mol. The summed E-state index contributed by atoms with van der Waals surface area (Å²) in [4.78, 5) is 25.7. The van der Waals surface area contributed by atoms with E-state index in [4.69, 9.17) is 4.74 Å². The van der Waals surface area contributed by atoms with Gasteiger partial charge in [0.05, 0.1) is 17.9 Å². The van der Waals surface area contributed by atoms with E-state index in [-0.39, 0.29) is 17.7 Å². The number of esters is 1. The van der Waals surface area contributed by atoms with Crippen LogP contribution < -0.4 is 5.32 Å². The third kappa shape index (κ3) is 4.90. The van der Waals surface area contributed by atoms with Gasteiger partial charge < -0.3 is 14.6 Å². The molecule has 0 saturated heterocycles.